The summed E-state index contributed by atoms with van der Waals surface area (Å²) in [7, 11) is 0. The number of carboxylic acid groups (broad SMARTS) is 1. The molecule has 0 bridgehead atoms. The van der Waals surface area contributed by atoms with E-state index in [0.29, 0.717) is 5.56 Å². The zero-order valence-electron chi connectivity index (χ0n) is 12.5. The van der Waals surface area contributed by atoms with Crippen LogP contribution >= 0.6 is 23.2 Å². The van der Waals surface area contributed by atoms with Gasteiger partial charge >= 0.3 is 12.1 Å². The summed E-state index contributed by atoms with van der Waals surface area (Å²) in [6, 6.07) is 13.1. The molecule has 0 aromatic heterocycles. The van der Waals surface area contributed by atoms with Gasteiger partial charge in [0.15, 0.2) is 0 Å². The molecule has 2 rings (SSSR count). The molecule has 2 aromatic rings. The second-order valence-corrected chi connectivity index (χ2v) is 5.78. The molecule has 0 aliphatic rings. The van der Waals surface area contributed by atoms with Crippen LogP contribution in [0.5, 0.6) is 0 Å². The Morgan fingerprint density at radius 2 is 1.79 bits per heavy atom. The number of carboxylic acids is 1. The van der Waals surface area contributed by atoms with Gasteiger partial charge in [0.25, 0.3) is 0 Å². The Balaban J connectivity index is 2.07. The Kier molecular flexibility index (Phi) is 6.46. The van der Waals surface area contributed by atoms with E-state index in [4.69, 9.17) is 33.0 Å². The molecule has 7 heteroatoms. The van der Waals surface area contributed by atoms with Gasteiger partial charge in [-0.15, -0.1) is 0 Å². The molecular weight excluding hydrogens is 353 g/mol. The first-order valence-corrected chi connectivity index (χ1v) is 7.86. The predicted molar refractivity (Wildman–Crippen MR) is 91.2 cm³/mol. The lowest BCUT2D eigenvalue weighted by Crippen LogP contribution is -2.30. The summed E-state index contributed by atoms with van der Waals surface area (Å²) in [6.07, 6.45) is -1.08. The second kappa shape index (κ2) is 8.57. The monoisotopic (exact) mass is 367 g/mol. The lowest BCUT2D eigenvalue weighted by Gasteiger charge is -2.19. The number of hydrogen-bond donors (Lipinski definition) is 2. The van der Waals surface area contributed by atoms with E-state index in [2.05, 4.69) is 5.32 Å². The lowest BCUT2D eigenvalue weighted by atomic mass is 10.0. The van der Waals surface area contributed by atoms with Crippen LogP contribution in [0.25, 0.3) is 0 Å². The zero-order valence-corrected chi connectivity index (χ0v) is 14.1. The van der Waals surface area contributed by atoms with E-state index in [9.17, 15) is 9.59 Å². The molecule has 0 saturated heterocycles. The van der Waals surface area contributed by atoms with Crippen LogP contribution in [-0.2, 0) is 16.1 Å². The van der Waals surface area contributed by atoms with Crippen molar-refractivity contribution < 1.29 is 19.4 Å². The molecule has 0 unspecified atom stereocenters. The summed E-state index contributed by atoms with van der Waals surface area (Å²) < 4.78 is 5.11. The molecule has 0 aliphatic heterocycles. The summed E-state index contributed by atoms with van der Waals surface area (Å²) >= 11 is 12.1. The zero-order chi connectivity index (χ0) is 17.5. The second-order valence-electron chi connectivity index (χ2n) is 5.00. The average Bonchev–Trinajstić information content (AvgIpc) is 2.55. The van der Waals surface area contributed by atoms with Crippen LogP contribution in [0.4, 0.5) is 4.79 Å². The summed E-state index contributed by atoms with van der Waals surface area (Å²) in [4.78, 5) is 23.0. The van der Waals surface area contributed by atoms with Gasteiger partial charge in [-0.2, -0.15) is 0 Å². The maximum absolute atomic E-state index is 12.0. The Hall–Kier alpha value is -2.24. The number of halogens is 2. The highest BCUT2D eigenvalue weighted by atomic mass is 35.5. The quantitative estimate of drug-likeness (QED) is 0.791. The van der Waals surface area contributed by atoms with Crippen molar-refractivity contribution in [2.45, 2.75) is 19.1 Å². The smallest absolute Gasteiger partial charge is 0.407 e. The molecule has 2 N–H and O–H groups in total. The molecule has 126 valence electrons. The minimum absolute atomic E-state index is 0.0791. The lowest BCUT2D eigenvalue weighted by molar-refractivity contribution is -0.137. The van der Waals surface area contributed by atoms with Crippen LogP contribution in [-0.4, -0.2) is 17.2 Å². The van der Waals surface area contributed by atoms with Gasteiger partial charge in [-0.3, -0.25) is 4.79 Å². The van der Waals surface area contributed by atoms with Gasteiger partial charge in [-0.05, 0) is 17.2 Å². The molecule has 0 saturated carbocycles. The highest BCUT2D eigenvalue weighted by Crippen LogP contribution is 2.31. The number of hydrogen-bond acceptors (Lipinski definition) is 3. The molecule has 2 aromatic carbocycles. The summed E-state index contributed by atoms with van der Waals surface area (Å²) in [5.74, 6) is -1.08. The fourth-order valence-corrected chi connectivity index (χ4v) is 2.55. The van der Waals surface area contributed by atoms with E-state index in [1.807, 2.05) is 30.3 Å². The highest BCUT2D eigenvalue weighted by molar-refractivity contribution is 6.42. The van der Waals surface area contributed by atoms with Gasteiger partial charge in [0.2, 0.25) is 0 Å². The van der Waals surface area contributed by atoms with Gasteiger partial charge in [0.1, 0.15) is 6.61 Å². The normalized spacial score (nSPS) is 11.6. The average molecular weight is 368 g/mol. The Bertz CT molecular complexity index is 722. The first-order chi connectivity index (χ1) is 11.5. The summed E-state index contributed by atoms with van der Waals surface area (Å²) in [5, 5.41) is 12.1. The Labute approximate surface area is 149 Å². The number of carbonyl (C=O) groups is 2. The fraction of sp³-hybridized carbons (Fsp3) is 0.176. The predicted octanol–water partition coefficient (Wildman–Crippen LogP) is 4.44. The maximum Gasteiger partial charge on any atom is 0.407 e. The number of alkyl carbamates (subject to hydrolysis) is 1. The van der Waals surface area contributed by atoms with E-state index in [0.717, 1.165) is 5.56 Å². The third-order valence-corrected chi connectivity index (χ3v) is 4.07. The molecular formula is C17H15Cl2NO4. The minimum Gasteiger partial charge on any atom is -0.481 e. The maximum atomic E-state index is 12.0. The van der Waals surface area contributed by atoms with E-state index in [1.165, 1.54) is 0 Å². The van der Waals surface area contributed by atoms with Crippen molar-refractivity contribution in [1.29, 1.82) is 0 Å². The first kappa shape index (κ1) is 18.1. The molecule has 24 heavy (non-hydrogen) atoms. The van der Waals surface area contributed by atoms with Crippen molar-refractivity contribution in [2.24, 2.45) is 0 Å². The van der Waals surface area contributed by atoms with Crippen molar-refractivity contribution in [3.05, 3.63) is 69.7 Å². The number of benzene rings is 2. The summed E-state index contributed by atoms with van der Waals surface area (Å²) in [6.45, 7) is 0.0791. The third-order valence-electron chi connectivity index (χ3n) is 3.24. The van der Waals surface area contributed by atoms with Crippen LogP contribution in [0.15, 0.2) is 48.5 Å². The van der Waals surface area contributed by atoms with Crippen LogP contribution in [0, 0.1) is 0 Å². The topological polar surface area (TPSA) is 75.6 Å². The SMILES string of the molecule is O=C(O)C[C@@H](NC(=O)OCc1ccccc1)c1cccc(Cl)c1Cl. The van der Waals surface area contributed by atoms with Crippen molar-refractivity contribution in [1.82, 2.24) is 5.32 Å². The highest BCUT2D eigenvalue weighted by Gasteiger charge is 2.22. The van der Waals surface area contributed by atoms with Crippen molar-refractivity contribution in [2.75, 3.05) is 0 Å². The first-order valence-electron chi connectivity index (χ1n) is 7.10. The van der Waals surface area contributed by atoms with E-state index in [-0.39, 0.29) is 23.1 Å². The molecule has 0 heterocycles. The standard InChI is InChI=1S/C17H15Cl2NO4/c18-13-8-4-7-12(16(13)19)14(9-15(21)22)20-17(23)24-10-11-5-2-1-3-6-11/h1-8,14H,9-10H2,(H,20,23)(H,21,22)/t14-/m1/s1. The Morgan fingerprint density at radius 1 is 1.08 bits per heavy atom. The molecule has 5 nitrogen and oxygen atoms in total. The van der Waals surface area contributed by atoms with Crippen LogP contribution in [0.3, 0.4) is 0 Å². The van der Waals surface area contributed by atoms with Gasteiger partial charge in [-0.25, -0.2) is 4.79 Å². The van der Waals surface area contributed by atoms with Crippen LogP contribution < -0.4 is 5.32 Å². The molecule has 0 aliphatic carbocycles. The van der Waals surface area contributed by atoms with Crippen molar-refractivity contribution in [3.63, 3.8) is 0 Å². The van der Waals surface area contributed by atoms with Crippen molar-refractivity contribution in [3.8, 4) is 0 Å². The number of nitrogens with one attached hydrogen (secondary N) is 1. The molecule has 1 amide bonds. The number of carbonyl (C=O) groups excluding carboxylic acids is 1. The van der Waals surface area contributed by atoms with E-state index >= 15 is 0 Å². The summed E-state index contributed by atoms with van der Waals surface area (Å²) in [5.41, 5.74) is 1.24. The van der Waals surface area contributed by atoms with E-state index < -0.39 is 18.1 Å². The van der Waals surface area contributed by atoms with Crippen molar-refractivity contribution >= 4 is 35.3 Å². The van der Waals surface area contributed by atoms with Gasteiger partial charge in [0, 0.05) is 0 Å². The number of aliphatic carboxylic acids is 1. The third kappa shape index (κ3) is 5.15. The van der Waals surface area contributed by atoms with Gasteiger partial charge in [-0.1, -0.05) is 65.7 Å². The van der Waals surface area contributed by atoms with Gasteiger partial charge in [0.05, 0.1) is 22.5 Å². The fourth-order valence-electron chi connectivity index (χ4n) is 2.11. The molecule has 1 atom stereocenters. The Morgan fingerprint density at radius 3 is 2.46 bits per heavy atom. The number of ether oxygens (including phenoxy) is 1. The van der Waals surface area contributed by atoms with E-state index in [1.54, 1.807) is 18.2 Å². The minimum atomic E-state index is -1.08. The van der Waals surface area contributed by atoms with Crippen LogP contribution in [0.1, 0.15) is 23.6 Å². The number of amides is 1. The van der Waals surface area contributed by atoms with Gasteiger partial charge < -0.3 is 15.2 Å². The molecule has 0 fully saturated rings. The number of rotatable bonds is 6. The molecule has 0 radical (unpaired) electrons. The van der Waals surface area contributed by atoms with Crippen LogP contribution in [0.2, 0.25) is 10.0 Å². The largest absolute Gasteiger partial charge is 0.481 e. The molecule has 0 spiro atoms.